The Labute approximate surface area is 397 Å². The summed E-state index contributed by atoms with van der Waals surface area (Å²) < 4.78 is 7.09. The van der Waals surface area contributed by atoms with E-state index in [1.807, 2.05) is 36.8 Å². The van der Waals surface area contributed by atoms with Crippen molar-refractivity contribution in [1.82, 2.24) is 28.7 Å². The first-order valence-electron chi connectivity index (χ1n) is 23.3. The Hall–Kier alpha value is -9.39. The Morgan fingerprint density at radius 1 is 0.275 bits per heavy atom. The SMILES string of the molecule is c1ccc(-c2cc(-n3c4ccccc4c4ccc(-c5cncc(-c6ccc7c(c6)c6ccccc6n7-c6ccc7c(c6)c6ncccc6n7-c6ccccc6)c5)cc43)cc(-c3ccccc3)n2)cc1. The third-order valence-electron chi connectivity index (χ3n) is 13.7. The summed E-state index contributed by atoms with van der Waals surface area (Å²) >= 11 is 0. The molecule has 0 aliphatic carbocycles. The van der Waals surface area contributed by atoms with Crippen molar-refractivity contribution in [3.05, 3.63) is 243 Å². The van der Waals surface area contributed by atoms with E-state index in [1.54, 1.807) is 0 Å². The molecule has 14 rings (SSSR count). The molecule has 0 aliphatic rings. The summed E-state index contributed by atoms with van der Waals surface area (Å²) in [5.74, 6) is 0. The molecule has 0 fully saturated rings. The van der Waals surface area contributed by atoms with Gasteiger partial charge >= 0.3 is 0 Å². The normalized spacial score (nSPS) is 11.8. The molecule has 6 heteroatoms. The molecule has 322 valence electrons. The van der Waals surface area contributed by atoms with E-state index in [0.717, 1.165) is 106 Å². The number of hydrogen-bond acceptors (Lipinski definition) is 3. The minimum absolute atomic E-state index is 0.927. The van der Waals surface area contributed by atoms with E-state index in [2.05, 4.69) is 220 Å². The quantitative estimate of drug-likeness (QED) is 0.160. The third-order valence-corrected chi connectivity index (χ3v) is 13.7. The van der Waals surface area contributed by atoms with Crippen molar-refractivity contribution in [3.63, 3.8) is 0 Å². The lowest BCUT2D eigenvalue weighted by atomic mass is 9.99. The van der Waals surface area contributed by atoms with Crippen molar-refractivity contribution < 1.29 is 0 Å². The number of fused-ring (bicyclic) bond motifs is 9. The predicted octanol–water partition coefficient (Wildman–Crippen LogP) is 15.8. The van der Waals surface area contributed by atoms with Crippen LogP contribution in [0.3, 0.4) is 0 Å². The highest BCUT2D eigenvalue weighted by molar-refractivity contribution is 6.13. The van der Waals surface area contributed by atoms with Gasteiger partial charge < -0.3 is 13.7 Å². The first kappa shape index (κ1) is 38.8. The maximum atomic E-state index is 5.20. The lowest BCUT2D eigenvalue weighted by Crippen LogP contribution is -1.98. The van der Waals surface area contributed by atoms with Crippen LogP contribution >= 0.6 is 0 Å². The van der Waals surface area contributed by atoms with E-state index in [9.17, 15) is 0 Å². The summed E-state index contributed by atoms with van der Waals surface area (Å²) in [5, 5.41) is 5.89. The second-order valence-corrected chi connectivity index (χ2v) is 17.7. The summed E-state index contributed by atoms with van der Waals surface area (Å²) in [6, 6.07) is 80.2. The Balaban J connectivity index is 0.889. The zero-order valence-electron chi connectivity index (χ0n) is 37.3. The fraction of sp³-hybridized carbons (Fsp3) is 0. The van der Waals surface area contributed by atoms with Crippen LogP contribution in [0.2, 0.25) is 0 Å². The average Bonchev–Trinajstić information content (AvgIpc) is 4.06. The molecule has 0 amide bonds. The molecule has 6 heterocycles. The van der Waals surface area contributed by atoms with Crippen LogP contribution < -0.4 is 0 Å². The molecule has 0 spiro atoms. The molecule has 0 aliphatic heterocycles. The van der Waals surface area contributed by atoms with Gasteiger partial charge in [0.05, 0.1) is 55.7 Å². The molecule has 0 saturated heterocycles. The molecule has 69 heavy (non-hydrogen) atoms. The van der Waals surface area contributed by atoms with Crippen LogP contribution in [0.4, 0.5) is 0 Å². The van der Waals surface area contributed by atoms with Gasteiger partial charge in [-0.1, -0.05) is 133 Å². The summed E-state index contributed by atoms with van der Waals surface area (Å²) in [7, 11) is 0. The van der Waals surface area contributed by atoms with E-state index < -0.39 is 0 Å². The molecule has 0 saturated carbocycles. The molecule has 0 radical (unpaired) electrons. The highest BCUT2D eigenvalue weighted by Crippen LogP contribution is 2.40. The fourth-order valence-electron chi connectivity index (χ4n) is 10.6. The van der Waals surface area contributed by atoms with Crippen LogP contribution in [0.15, 0.2) is 243 Å². The zero-order chi connectivity index (χ0) is 45.4. The predicted molar refractivity (Wildman–Crippen MR) is 285 cm³/mol. The molecule has 14 aromatic rings. The summed E-state index contributed by atoms with van der Waals surface area (Å²) in [6.07, 6.45) is 5.85. The maximum absolute atomic E-state index is 5.20. The monoisotopic (exact) mass is 880 g/mol. The van der Waals surface area contributed by atoms with Gasteiger partial charge in [-0.3, -0.25) is 9.97 Å². The standard InChI is InChI=1S/C63H40N6/c1-4-15-41(16-5-1)55-37-49(38-56(66-55)42-17-6-2-7-18-42)69-57-23-12-10-21-50(57)52-29-26-44(35-62(52)69)46-33-45(39-64-40-46)43-27-30-59-53(34-43)51-22-11-13-24-58(51)68(59)48-28-31-60-54(36-48)63-61(25-14-32-65-63)67(60)47-19-8-3-9-20-47/h1-40H. The first-order chi connectivity index (χ1) is 34.2. The Bertz CT molecular complexity index is 4240. The zero-order valence-corrected chi connectivity index (χ0v) is 37.3. The Morgan fingerprint density at radius 3 is 1.51 bits per heavy atom. The van der Waals surface area contributed by atoms with Crippen molar-refractivity contribution >= 4 is 65.5 Å². The van der Waals surface area contributed by atoms with Crippen LogP contribution in [-0.2, 0) is 0 Å². The van der Waals surface area contributed by atoms with Gasteiger partial charge in [0.15, 0.2) is 0 Å². The van der Waals surface area contributed by atoms with E-state index in [1.165, 1.54) is 21.5 Å². The lowest BCUT2D eigenvalue weighted by Gasteiger charge is -2.14. The van der Waals surface area contributed by atoms with E-state index in [-0.39, 0.29) is 0 Å². The lowest BCUT2D eigenvalue weighted by molar-refractivity contribution is 1.16. The number of rotatable bonds is 7. The minimum Gasteiger partial charge on any atom is -0.309 e. The van der Waals surface area contributed by atoms with Crippen LogP contribution in [-0.4, -0.2) is 28.7 Å². The fourth-order valence-corrected chi connectivity index (χ4v) is 10.6. The van der Waals surface area contributed by atoms with Crippen molar-refractivity contribution in [2.45, 2.75) is 0 Å². The summed E-state index contributed by atoms with van der Waals surface area (Å²) in [6.45, 7) is 0. The van der Waals surface area contributed by atoms with Gasteiger partial charge in [-0.05, 0) is 102 Å². The molecule has 0 N–H and O–H groups in total. The van der Waals surface area contributed by atoms with Gasteiger partial charge in [0.1, 0.15) is 0 Å². The summed E-state index contributed by atoms with van der Waals surface area (Å²) in [5.41, 5.74) is 19.3. The number of benzene rings is 8. The molecular weight excluding hydrogens is 841 g/mol. The van der Waals surface area contributed by atoms with Crippen molar-refractivity contribution in [2.24, 2.45) is 0 Å². The molecule has 6 nitrogen and oxygen atoms in total. The number of pyridine rings is 3. The Morgan fingerprint density at radius 2 is 0.797 bits per heavy atom. The maximum Gasteiger partial charge on any atom is 0.0964 e. The molecular formula is C63H40N6. The number of para-hydroxylation sites is 3. The van der Waals surface area contributed by atoms with Gasteiger partial charge in [-0.15, -0.1) is 0 Å². The second-order valence-electron chi connectivity index (χ2n) is 17.7. The molecule has 6 aromatic heterocycles. The van der Waals surface area contributed by atoms with Crippen LogP contribution in [0.25, 0.3) is 127 Å². The van der Waals surface area contributed by atoms with Crippen LogP contribution in [0.1, 0.15) is 0 Å². The smallest absolute Gasteiger partial charge is 0.0964 e. The van der Waals surface area contributed by atoms with Crippen LogP contribution in [0, 0.1) is 0 Å². The minimum atomic E-state index is 0.927. The topological polar surface area (TPSA) is 53.5 Å². The summed E-state index contributed by atoms with van der Waals surface area (Å²) in [4.78, 5) is 15.0. The van der Waals surface area contributed by atoms with Crippen molar-refractivity contribution in [2.75, 3.05) is 0 Å². The van der Waals surface area contributed by atoms with Crippen LogP contribution in [0.5, 0.6) is 0 Å². The molecule has 0 bridgehead atoms. The number of nitrogens with zero attached hydrogens (tertiary/aromatic N) is 6. The Kier molecular flexibility index (Phi) is 8.79. The molecule has 0 atom stereocenters. The van der Waals surface area contributed by atoms with E-state index >= 15 is 0 Å². The number of hydrogen-bond donors (Lipinski definition) is 0. The first-order valence-corrected chi connectivity index (χ1v) is 23.3. The van der Waals surface area contributed by atoms with Crippen molar-refractivity contribution in [1.29, 1.82) is 0 Å². The average molecular weight is 881 g/mol. The highest BCUT2D eigenvalue weighted by Gasteiger charge is 2.20. The molecule has 8 aromatic carbocycles. The number of aromatic nitrogens is 6. The van der Waals surface area contributed by atoms with Gasteiger partial charge in [0.2, 0.25) is 0 Å². The van der Waals surface area contributed by atoms with Gasteiger partial charge in [-0.2, -0.15) is 0 Å². The molecule has 0 unspecified atom stereocenters. The highest BCUT2D eigenvalue weighted by atomic mass is 15.0. The largest absolute Gasteiger partial charge is 0.309 e. The third kappa shape index (κ3) is 6.30. The van der Waals surface area contributed by atoms with Gasteiger partial charge in [0.25, 0.3) is 0 Å². The van der Waals surface area contributed by atoms with Crippen molar-refractivity contribution in [3.8, 4) is 61.8 Å². The second kappa shape index (κ2) is 15.6. The van der Waals surface area contributed by atoms with E-state index in [0.29, 0.717) is 0 Å². The van der Waals surface area contributed by atoms with E-state index in [4.69, 9.17) is 15.0 Å². The van der Waals surface area contributed by atoms with Gasteiger partial charge in [-0.25, -0.2) is 4.98 Å². The van der Waals surface area contributed by atoms with Gasteiger partial charge in [0, 0.05) is 79.2 Å².